The van der Waals surface area contributed by atoms with Crippen molar-refractivity contribution in [2.75, 3.05) is 0 Å². The summed E-state index contributed by atoms with van der Waals surface area (Å²) in [6.07, 6.45) is 4.08. The molecule has 0 aliphatic heterocycles. The van der Waals surface area contributed by atoms with Gasteiger partial charge >= 0.3 is 0 Å². The van der Waals surface area contributed by atoms with Gasteiger partial charge in [0.15, 0.2) is 0 Å². The van der Waals surface area contributed by atoms with Crippen molar-refractivity contribution in [3.8, 4) is 0 Å². The smallest absolute Gasteiger partial charge is 0.200 e. The Morgan fingerprint density at radius 2 is 1.42 bits per heavy atom. The highest BCUT2D eigenvalue weighted by molar-refractivity contribution is 5.90. The minimum atomic E-state index is 0.0147. The van der Waals surface area contributed by atoms with E-state index in [1.54, 1.807) is 6.07 Å². The minimum Gasteiger partial charge on any atom is -0.456 e. The predicted octanol–water partition coefficient (Wildman–Crippen LogP) is 5.43. The average Bonchev–Trinajstić information content (AvgIpc) is 2.61. The molecule has 3 aromatic carbocycles. The molecule has 0 radical (unpaired) electrons. The molecular weight excluding hydrogens is 296 g/mol. The van der Waals surface area contributed by atoms with Crippen LogP contribution >= 0.6 is 0 Å². The Labute approximate surface area is 139 Å². The number of para-hydroxylation sites is 1. The first-order valence-corrected chi connectivity index (χ1v) is 7.91. The summed E-state index contributed by atoms with van der Waals surface area (Å²) in [6, 6.07) is 21.4. The number of hydrogen-bond acceptors (Lipinski definition) is 2. The highest BCUT2D eigenvalue weighted by Crippen LogP contribution is 2.20. The summed E-state index contributed by atoms with van der Waals surface area (Å²) in [5, 5.41) is 1.23. The van der Waals surface area contributed by atoms with Crippen molar-refractivity contribution in [2.45, 2.75) is 6.92 Å². The highest BCUT2D eigenvalue weighted by Gasteiger charge is 2.06. The van der Waals surface area contributed by atoms with Gasteiger partial charge in [-0.25, -0.2) is 0 Å². The molecule has 2 heteroatoms. The van der Waals surface area contributed by atoms with Gasteiger partial charge in [-0.15, -0.1) is 0 Å². The maximum atomic E-state index is 12.5. The van der Waals surface area contributed by atoms with Crippen molar-refractivity contribution in [1.29, 1.82) is 0 Å². The van der Waals surface area contributed by atoms with E-state index in [4.69, 9.17) is 4.42 Å². The lowest BCUT2D eigenvalue weighted by Crippen LogP contribution is -2.01. The molecule has 0 N–H and O–H groups in total. The second kappa shape index (κ2) is 5.82. The molecule has 0 saturated heterocycles. The second-order valence-electron chi connectivity index (χ2n) is 5.93. The lowest BCUT2D eigenvalue weighted by Gasteiger charge is -2.02. The molecule has 0 amide bonds. The van der Waals surface area contributed by atoms with E-state index in [1.807, 2.05) is 42.5 Å². The van der Waals surface area contributed by atoms with Gasteiger partial charge in [0, 0.05) is 0 Å². The van der Waals surface area contributed by atoms with Gasteiger partial charge in [-0.1, -0.05) is 60.2 Å². The van der Waals surface area contributed by atoms with Gasteiger partial charge in [0.1, 0.15) is 11.2 Å². The summed E-state index contributed by atoms with van der Waals surface area (Å²) in [7, 11) is 0. The van der Waals surface area contributed by atoms with Crippen molar-refractivity contribution in [2.24, 2.45) is 0 Å². The summed E-state index contributed by atoms with van der Waals surface area (Å²) >= 11 is 0. The molecule has 0 spiro atoms. The molecule has 4 aromatic rings. The fourth-order valence-electron chi connectivity index (χ4n) is 2.79. The Kier molecular flexibility index (Phi) is 3.51. The van der Waals surface area contributed by atoms with Gasteiger partial charge in [0.25, 0.3) is 0 Å². The standard InChI is InChI=1S/C22H16O2/c1-15-6-8-16(9-7-15)10-11-17-12-13-19-21(14-17)24-20-5-3-2-4-18(20)22(19)23/h2-14H,1H3/b11-10+. The Morgan fingerprint density at radius 3 is 2.25 bits per heavy atom. The van der Waals surface area contributed by atoms with E-state index in [-0.39, 0.29) is 5.43 Å². The summed E-state index contributed by atoms with van der Waals surface area (Å²) in [5.41, 5.74) is 4.63. The first-order chi connectivity index (χ1) is 11.7. The van der Waals surface area contributed by atoms with Crippen LogP contribution in [0.3, 0.4) is 0 Å². The molecule has 0 aliphatic rings. The molecule has 116 valence electrons. The van der Waals surface area contributed by atoms with Gasteiger partial charge in [-0.05, 0) is 42.3 Å². The number of aryl methyl sites for hydroxylation is 1. The third-order valence-corrected chi connectivity index (χ3v) is 4.15. The molecule has 0 bridgehead atoms. The maximum Gasteiger partial charge on any atom is 0.200 e. The van der Waals surface area contributed by atoms with Crippen molar-refractivity contribution in [1.82, 2.24) is 0 Å². The van der Waals surface area contributed by atoms with Crippen LogP contribution in [0.15, 0.2) is 75.9 Å². The van der Waals surface area contributed by atoms with E-state index < -0.39 is 0 Å². The van der Waals surface area contributed by atoms with Crippen LogP contribution in [0.25, 0.3) is 34.1 Å². The van der Waals surface area contributed by atoms with Gasteiger partial charge in [0.05, 0.1) is 10.8 Å². The molecule has 0 unspecified atom stereocenters. The summed E-state index contributed by atoms with van der Waals surface area (Å²) in [5.74, 6) is 0. The summed E-state index contributed by atoms with van der Waals surface area (Å²) in [4.78, 5) is 12.5. The van der Waals surface area contributed by atoms with Crippen LogP contribution < -0.4 is 5.43 Å². The van der Waals surface area contributed by atoms with Crippen LogP contribution in [0, 0.1) is 6.92 Å². The lowest BCUT2D eigenvalue weighted by molar-refractivity contribution is 0.660. The lowest BCUT2D eigenvalue weighted by atomic mass is 10.1. The quantitative estimate of drug-likeness (QED) is 0.365. The Hall–Kier alpha value is -3.13. The van der Waals surface area contributed by atoms with Crippen LogP contribution in [-0.4, -0.2) is 0 Å². The first-order valence-electron chi connectivity index (χ1n) is 7.91. The van der Waals surface area contributed by atoms with E-state index in [1.165, 1.54) is 5.56 Å². The molecule has 0 aliphatic carbocycles. The molecule has 4 rings (SSSR count). The fourth-order valence-corrected chi connectivity index (χ4v) is 2.79. The SMILES string of the molecule is Cc1ccc(/C=C/c2ccc3c(=O)c4ccccc4oc3c2)cc1. The van der Waals surface area contributed by atoms with Gasteiger partial charge in [-0.3, -0.25) is 4.79 Å². The third-order valence-electron chi connectivity index (χ3n) is 4.15. The van der Waals surface area contributed by atoms with Crippen LogP contribution in [0.4, 0.5) is 0 Å². The van der Waals surface area contributed by atoms with E-state index in [9.17, 15) is 4.79 Å². The van der Waals surface area contributed by atoms with Crippen molar-refractivity contribution in [3.05, 3.63) is 93.6 Å². The van der Waals surface area contributed by atoms with Crippen LogP contribution in [-0.2, 0) is 0 Å². The minimum absolute atomic E-state index is 0.0147. The van der Waals surface area contributed by atoms with Crippen molar-refractivity contribution >= 4 is 34.1 Å². The van der Waals surface area contributed by atoms with E-state index in [2.05, 4.69) is 37.3 Å². The van der Waals surface area contributed by atoms with E-state index in [0.29, 0.717) is 21.9 Å². The predicted molar refractivity (Wildman–Crippen MR) is 100 cm³/mol. The molecule has 24 heavy (non-hydrogen) atoms. The van der Waals surface area contributed by atoms with Crippen molar-refractivity contribution < 1.29 is 4.42 Å². The zero-order chi connectivity index (χ0) is 16.5. The number of rotatable bonds is 2. The topological polar surface area (TPSA) is 30.2 Å². The first kappa shape index (κ1) is 14.5. The molecule has 1 aromatic heterocycles. The van der Waals surface area contributed by atoms with Gasteiger partial charge in [0.2, 0.25) is 5.43 Å². The summed E-state index contributed by atoms with van der Waals surface area (Å²) < 4.78 is 5.90. The Balaban J connectivity index is 1.79. The maximum absolute atomic E-state index is 12.5. The molecule has 1 heterocycles. The second-order valence-corrected chi connectivity index (χ2v) is 5.93. The van der Waals surface area contributed by atoms with Gasteiger partial charge in [-0.2, -0.15) is 0 Å². The molecule has 0 atom stereocenters. The number of benzene rings is 3. The zero-order valence-electron chi connectivity index (χ0n) is 13.3. The normalized spacial score (nSPS) is 11.5. The zero-order valence-corrected chi connectivity index (χ0v) is 13.3. The van der Waals surface area contributed by atoms with Gasteiger partial charge < -0.3 is 4.42 Å². The molecule has 2 nitrogen and oxygen atoms in total. The fraction of sp³-hybridized carbons (Fsp3) is 0.0455. The Morgan fingerprint density at radius 1 is 0.750 bits per heavy atom. The van der Waals surface area contributed by atoms with E-state index >= 15 is 0 Å². The highest BCUT2D eigenvalue weighted by atomic mass is 16.3. The molecule has 0 saturated carbocycles. The van der Waals surface area contributed by atoms with Crippen LogP contribution in [0.2, 0.25) is 0 Å². The monoisotopic (exact) mass is 312 g/mol. The van der Waals surface area contributed by atoms with Crippen molar-refractivity contribution in [3.63, 3.8) is 0 Å². The Bertz CT molecular complexity index is 1120. The molecule has 0 fully saturated rings. The number of fused-ring (bicyclic) bond motifs is 2. The summed E-state index contributed by atoms with van der Waals surface area (Å²) in [6.45, 7) is 2.07. The van der Waals surface area contributed by atoms with Crippen LogP contribution in [0.5, 0.6) is 0 Å². The van der Waals surface area contributed by atoms with E-state index in [0.717, 1.165) is 11.1 Å². The third kappa shape index (κ3) is 2.63. The molecular formula is C22H16O2. The van der Waals surface area contributed by atoms with Crippen LogP contribution in [0.1, 0.15) is 16.7 Å². The average molecular weight is 312 g/mol. The largest absolute Gasteiger partial charge is 0.456 e. The number of hydrogen-bond donors (Lipinski definition) is 0.